The Morgan fingerprint density at radius 2 is 1.33 bits per heavy atom. The SMILES string of the molecule is Cn1ncnn1.[Cu+2].[O-][Cl+2]([O-])[O-].[O-][Cl+2]([O-])[O-]. The van der Waals surface area contributed by atoms with Crippen molar-refractivity contribution in [3.8, 4) is 0 Å². The number of hydrogen-bond donors (Lipinski definition) is 0. The van der Waals surface area contributed by atoms with Crippen LogP contribution in [-0.4, -0.2) is 20.2 Å². The minimum atomic E-state index is -2.85. The van der Waals surface area contributed by atoms with Crippen LogP contribution in [0.5, 0.6) is 0 Å². The van der Waals surface area contributed by atoms with Crippen molar-refractivity contribution in [3.05, 3.63) is 6.33 Å². The predicted molar refractivity (Wildman–Crippen MR) is 18.8 cm³/mol. The first kappa shape index (κ1) is 20.4. The molecule has 1 heterocycles. The van der Waals surface area contributed by atoms with Crippen molar-refractivity contribution >= 4 is 0 Å². The van der Waals surface area contributed by atoms with Gasteiger partial charge in [0.1, 0.15) is 0 Å². The molecule has 0 unspecified atom stereocenters. The van der Waals surface area contributed by atoms with Crippen molar-refractivity contribution in [1.82, 2.24) is 20.2 Å². The van der Waals surface area contributed by atoms with E-state index in [4.69, 9.17) is 28.0 Å². The van der Waals surface area contributed by atoms with E-state index in [9.17, 15) is 0 Å². The van der Waals surface area contributed by atoms with Crippen molar-refractivity contribution < 1.29 is 66.6 Å². The molecule has 1 rings (SSSR count). The van der Waals surface area contributed by atoms with Gasteiger partial charge >= 0.3 is 17.1 Å². The van der Waals surface area contributed by atoms with Gasteiger partial charge in [0.2, 0.25) is 0 Å². The van der Waals surface area contributed by atoms with E-state index < -0.39 is 21.6 Å². The molecule has 0 N–H and O–H groups in total. The van der Waals surface area contributed by atoms with Crippen LogP contribution in [0.15, 0.2) is 6.33 Å². The van der Waals surface area contributed by atoms with Crippen molar-refractivity contribution in [2.24, 2.45) is 7.05 Å². The smallest absolute Gasteiger partial charge is 0.357 e. The molecular weight excluding hydrogens is 310 g/mol. The molecule has 15 heavy (non-hydrogen) atoms. The zero-order valence-corrected chi connectivity index (χ0v) is 9.33. The van der Waals surface area contributed by atoms with Gasteiger partial charge in [-0.3, -0.25) is 0 Å². The second kappa shape index (κ2) is 13.9. The summed E-state index contributed by atoms with van der Waals surface area (Å²) in [5.74, 6) is 0. The fraction of sp³-hybridized carbons (Fsp3) is 0.500. The number of halogens is 2. The zero-order chi connectivity index (χ0) is 11.6. The molecule has 0 aliphatic rings. The number of nitrogens with zero attached hydrogens (tertiary/aromatic N) is 4. The molecule has 0 fully saturated rings. The van der Waals surface area contributed by atoms with Crippen molar-refractivity contribution in [2.75, 3.05) is 0 Å². The summed E-state index contributed by atoms with van der Waals surface area (Å²) in [5.41, 5.74) is 0. The Kier molecular flexibility index (Phi) is 18.9. The van der Waals surface area contributed by atoms with Crippen LogP contribution in [0.2, 0.25) is 0 Å². The third-order valence-electron chi connectivity index (χ3n) is 0.451. The third kappa shape index (κ3) is 41.3. The van der Waals surface area contributed by atoms with Crippen LogP contribution in [0.1, 0.15) is 0 Å². The second-order valence-corrected chi connectivity index (χ2v) is 2.06. The van der Waals surface area contributed by atoms with E-state index in [0.29, 0.717) is 0 Å². The van der Waals surface area contributed by atoms with Crippen LogP contribution in [0, 0.1) is 21.6 Å². The molecule has 1 radical (unpaired) electrons. The summed E-state index contributed by atoms with van der Waals surface area (Å²) in [7, 11) is -3.99. The van der Waals surface area contributed by atoms with Gasteiger partial charge < -0.3 is 28.0 Å². The Morgan fingerprint density at radius 1 is 1.00 bits per heavy atom. The minimum absolute atomic E-state index is 0. The quantitative estimate of drug-likeness (QED) is 0.419. The van der Waals surface area contributed by atoms with Crippen molar-refractivity contribution in [2.45, 2.75) is 0 Å². The first-order valence-corrected chi connectivity index (χ1v) is 4.34. The molecule has 0 aliphatic carbocycles. The molecular formula is C2H4Cl2CuN4O6. The average molecular weight is 315 g/mol. The molecule has 0 aliphatic heterocycles. The molecule has 0 atom stereocenters. The Balaban J connectivity index is -0.000000145. The van der Waals surface area contributed by atoms with E-state index in [1.54, 1.807) is 7.05 Å². The number of tetrazole rings is 1. The van der Waals surface area contributed by atoms with Gasteiger partial charge in [0.25, 0.3) is 0 Å². The number of hydrogen-bond acceptors (Lipinski definition) is 9. The summed E-state index contributed by atoms with van der Waals surface area (Å²) in [6.07, 6.45) is 1.39. The van der Waals surface area contributed by atoms with E-state index in [0.717, 1.165) is 0 Å². The van der Waals surface area contributed by atoms with Crippen LogP contribution in [0.25, 0.3) is 0 Å². The maximum atomic E-state index is 8.41. The number of aromatic nitrogens is 4. The first-order chi connectivity index (χ1) is 6.36. The molecule has 1 aromatic heterocycles. The van der Waals surface area contributed by atoms with E-state index in [2.05, 4.69) is 15.4 Å². The molecule has 10 nitrogen and oxygen atoms in total. The predicted octanol–water partition coefficient (Wildman–Crippen LogP) is -7.93. The maximum Gasteiger partial charge on any atom is 2.00 e. The monoisotopic (exact) mass is 313 g/mol. The molecule has 0 amide bonds. The summed E-state index contributed by atoms with van der Waals surface area (Å²) in [4.78, 5) is 1.39. The Bertz CT molecular complexity index is 188. The molecule has 0 bridgehead atoms. The molecule has 0 saturated heterocycles. The van der Waals surface area contributed by atoms with E-state index in [1.807, 2.05) is 0 Å². The number of aryl methyl sites for hydroxylation is 1. The molecule has 13 heteroatoms. The summed E-state index contributed by atoms with van der Waals surface area (Å²) in [6, 6.07) is 0. The first-order valence-electron chi connectivity index (χ1n) is 2.49. The maximum absolute atomic E-state index is 8.41. The van der Waals surface area contributed by atoms with Gasteiger partial charge in [-0.2, -0.15) is 4.80 Å². The van der Waals surface area contributed by atoms with Crippen LogP contribution >= 0.6 is 0 Å². The summed E-state index contributed by atoms with van der Waals surface area (Å²) in [5, 5.41) is 10.5. The topological polar surface area (TPSA) is 182 Å². The molecule has 0 saturated carbocycles. The van der Waals surface area contributed by atoms with Gasteiger partial charge in [0.15, 0.2) is 6.33 Å². The summed E-state index contributed by atoms with van der Waals surface area (Å²) in [6.45, 7) is 0. The van der Waals surface area contributed by atoms with Gasteiger partial charge in [-0.1, -0.05) is 0 Å². The molecule has 0 aromatic carbocycles. The van der Waals surface area contributed by atoms with Gasteiger partial charge in [-0.15, -0.1) is 10.2 Å². The van der Waals surface area contributed by atoms with Crippen LogP contribution in [-0.2, 0) is 24.1 Å². The van der Waals surface area contributed by atoms with Crippen LogP contribution in [0.3, 0.4) is 0 Å². The Morgan fingerprint density at radius 3 is 1.40 bits per heavy atom. The minimum Gasteiger partial charge on any atom is -0.357 e. The van der Waals surface area contributed by atoms with Gasteiger partial charge in [0, 0.05) is 0 Å². The standard InChI is InChI=1S/C2H4N4.2ClO3.Cu/c1-6-4-2-3-5-6;2*2-1(3)4;/h2H,1H3;;;/q;2*-1;+2. The molecule has 1 aromatic rings. The fourth-order valence-corrected chi connectivity index (χ4v) is 0.219. The van der Waals surface area contributed by atoms with Crippen LogP contribution in [0.4, 0.5) is 0 Å². The largest absolute Gasteiger partial charge is 2.00 e. The summed E-state index contributed by atoms with van der Waals surface area (Å²) >= 11 is 0. The third-order valence-corrected chi connectivity index (χ3v) is 0.451. The van der Waals surface area contributed by atoms with E-state index in [1.165, 1.54) is 11.1 Å². The van der Waals surface area contributed by atoms with E-state index in [-0.39, 0.29) is 17.1 Å². The Labute approximate surface area is 100 Å². The van der Waals surface area contributed by atoms with Crippen molar-refractivity contribution in [1.29, 1.82) is 0 Å². The molecule has 0 spiro atoms. The normalized spacial score (nSPS) is 8.33. The summed E-state index contributed by atoms with van der Waals surface area (Å²) < 4.78 is 50.4. The average Bonchev–Trinajstić information content (AvgIpc) is 2.36. The fourth-order valence-electron chi connectivity index (χ4n) is 0.219. The van der Waals surface area contributed by atoms with Gasteiger partial charge in [-0.05, 0) is 5.21 Å². The van der Waals surface area contributed by atoms with Gasteiger partial charge in [-0.25, -0.2) is 0 Å². The second-order valence-electron chi connectivity index (χ2n) is 1.30. The molecule has 93 valence electrons. The van der Waals surface area contributed by atoms with Crippen LogP contribution < -0.4 is 28.0 Å². The van der Waals surface area contributed by atoms with E-state index >= 15 is 0 Å². The van der Waals surface area contributed by atoms with Crippen molar-refractivity contribution in [3.63, 3.8) is 0 Å². The number of rotatable bonds is 0. The van der Waals surface area contributed by atoms with Gasteiger partial charge in [0.05, 0.1) is 28.6 Å². The zero-order valence-electron chi connectivity index (χ0n) is 6.87. The Hall–Kier alpha value is -0.0705.